The Balaban J connectivity index is 1.67. The van der Waals surface area contributed by atoms with Gasteiger partial charge in [-0.25, -0.2) is 4.90 Å². The quantitative estimate of drug-likeness (QED) is 0.755. The fraction of sp³-hybridized carbons (Fsp3) is 0.929. The van der Waals surface area contributed by atoms with Crippen LogP contribution >= 0.6 is 0 Å². The minimum Gasteiger partial charge on any atom is -0.417 e. The van der Waals surface area contributed by atoms with Crippen molar-refractivity contribution < 1.29 is 14.6 Å². The standard InChI is InChI=1S/C14H24N2O3/c17-13-12(15-7-3-1-4-8-15)11-14(18,19-13)16-9-5-2-6-10-16/h12,18H,1-11H2. The van der Waals surface area contributed by atoms with Gasteiger partial charge in [0.1, 0.15) is 6.04 Å². The number of carbonyl (C=O) groups excluding carboxylic acids is 1. The maximum atomic E-state index is 12.1. The second kappa shape index (κ2) is 5.38. The average Bonchev–Trinajstić information content (AvgIpc) is 2.77. The second-order valence-electron chi connectivity index (χ2n) is 6.03. The van der Waals surface area contributed by atoms with Crippen molar-refractivity contribution in [3.8, 4) is 0 Å². The summed E-state index contributed by atoms with van der Waals surface area (Å²) in [7, 11) is 0. The van der Waals surface area contributed by atoms with Crippen LogP contribution in [0.5, 0.6) is 0 Å². The summed E-state index contributed by atoms with van der Waals surface area (Å²) >= 11 is 0. The van der Waals surface area contributed by atoms with Gasteiger partial charge in [0.25, 0.3) is 5.91 Å². The first-order chi connectivity index (χ1) is 9.19. The van der Waals surface area contributed by atoms with E-state index in [9.17, 15) is 9.90 Å². The van der Waals surface area contributed by atoms with Gasteiger partial charge in [0.15, 0.2) is 0 Å². The molecule has 3 fully saturated rings. The normalized spacial score (nSPS) is 38.4. The lowest BCUT2D eigenvalue weighted by Crippen LogP contribution is -2.51. The van der Waals surface area contributed by atoms with Crippen molar-refractivity contribution in [3.05, 3.63) is 0 Å². The number of piperidine rings is 2. The minimum atomic E-state index is -1.35. The average molecular weight is 268 g/mol. The molecule has 0 bridgehead atoms. The maximum absolute atomic E-state index is 12.1. The van der Waals surface area contributed by atoms with Crippen LogP contribution in [0.15, 0.2) is 0 Å². The molecule has 0 radical (unpaired) electrons. The van der Waals surface area contributed by atoms with E-state index in [1.165, 1.54) is 12.8 Å². The van der Waals surface area contributed by atoms with Crippen LogP contribution in [0.25, 0.3) is 0 Å². The van der Waals surface area contributed by atoms with Crippen molar-refractivity contribution in [1.82, 2.24) is 9.80 Å². The van der Waals surface area contributed by atoms with E-state index in [2.05, 4.69) is 4.90 Å². The highest BCUT2D eigenvalue weighted by molar-refractivity contribution is 5.78. The van der Waals surface area contributed by atoms with E-state index in [4.69, 9.17) is 4.74 Å². The molecule has 0 saturated carbocycles. The zero-order valence-corrected chi connectivity index (χ0v) is 11.5. The molecule has 0 aromatic carbocycles. The van der Waals surface area contributed by atoms with E-state index in [0.29, 0.717) is 6.42 Å². The number of aliphatic hydroxyl groups is 1. The highest BCUT2D eigenvalue weighted by atomic mass is 16.7. The smallest absolute Gasteiger partial charge is 0.327 e. The lowest BCUT2D eigenvalue weighted by molar-refractivity contribution is -0.263. The number of hydrogen-bond donors (Lipinski definition) is 1. The van der Waals surface area contributed by atoms with Gasteiger partial charge in [0.05, 0.1) is 6.42 Å². The van der Waals surface area contributed by atoms with Crippen molar-refractivity contribution in [3.63, 3.8) is 0 Å². The van der Waals surface area contributed by atoms with Crippen LogP contribution < -0.4 is 0 Å². The molecule has 19 heavy (non-hydrogen) atoms. The van der Waals surface area contributed by atoms with Crippen LogP contribution in [-0.2, 0) is 9.53 Å². The van der Waals surface area contributed by atoms with Gasteiger partial charge in [0, 0.05) is 13.1 Å². The molecule has 2 unspecified atom stereocenters. The van der Waals surface area contributed by atoms with Gasteiger partial charge < -0.3 is 9.84 Å². The molecule has 3 aliphatic heterocycles. The van der Waals surface area contributed by atoms with E-state index in [0.717, 1.165) is 51.9 Å². The molecular weight excluding hydrogens is 244 g/mol. The van der Waals surface area contributed by atoms with Gasteiger partial charge in [-0.1, -0.05) is 12.8 Å². The Bertz CT molecular complexity index is 338. The van der Waals surface area contributed by atoms with Crippen LogP contribution in [0, 0.1) is 0 Å². The van der Waals surface area contributed by atoms with Crippen molar-refractivity contribution >= 4 is 5.97 Å². The summed E-state index contributed by atoms with van der Waals surface area (Å²) in [6, 6.07) is -0.243. The lowest BCUT2D eigenvalue weighted by Gasteiger charge is -2.37. The van der Waals surface area contributed by atoms with Crippen LogP contribution in [0.3, 0.4) is 0 Å². The molecule has 0 spiro atoms. The molecule has 3 aliphatic rings. The predicted octanol–water partition coefficient (Wildman–Crippen LogP) is 0.920. The van der Waals surface area contributed by atoms with Crippen molar-refractivity contribution in [1.29, 1.82) is 0 Å². The first kappa shape index (κ1) is 13.3. The molecule has 0 aromatic rings. The van der Waals surface area contributed by atoms with Crippen molar-refractivity contribution in [2.24, 2.45) is 0 Å². The third-order valence-corrected chi connectivity index (χ3v) is 4.68. The van der Waals surface area contributed by atoms with Crippen molar-refractivity contribution in [2.45, 2.75) is 56.9 Å². The molecule has 3 saturated heterocycles. The van der Waals surface area contributed by atoms with Crippen LogP contribution in [-0.4, -0.2) is 59.0 Å². The summed E-state index contributed by atoms with van der Waals surface area (Å²) in [6.45, 7) is 3.57. The van der Waals surface area contributed by atoms with E-state index in [1.54, 1.807) is 0 Å². The fourth-order valence-electron chi connectivity index (χ4n) is 3.55. The van der Waals surface area contributed by atoms with Gasteiger partial charge in [-0.3, -0.25) is 9.69 Å². The van der Waals surface area contributed by atoms with Crippen LogP contribution in [0.4, 0.5) is 0 Å². The second-order valence-corrected chi connectivity index (χ2v) is 6.03. The molecule has 0 aromatic heterocycles. The Kier molecular flexibility index (Phi) is 3.78. The number of rotatable bonds is 2. The maximum Gasteiger partial charge on any atom is 0.327 e. The summed E-state index contributed by atoms with van der Waals surface area (Å²) in [5.41, 5.74) is 0. The fourth-order valence-corrected chi connectivity index (χ4v) is 3.55. The molecule has 3 heterocycles. The molecule has 0 aliphatic carbocycles. The number of ether oxygens (including phenoxy) is 1. The first-order valence-electron chi connectivity index (χ1n) is 7.63. The topological polar surface area (TPSA) is 53.0 Å². The first-order valence-corrected chi connectivity index (χ1v) is 7.63. The van der Waals surface area contributed by atoms with Gasteiger partial charge in [0.2, 0.25) is 0 Å². The number of cyclic esters (lactones) is 1. The summed E-state index contributed by atoms with van der Waals surface area (Å²) in [5.74, 6) is -1.59. The Labute approximate surface area is 114 Å². The lowest BCUT2D eigenvalue weighted by atomic mass is 10.0. The van der Waals surface area contributed by atoms with Crippen LogP contribution in [0.1, 0.15) is 44.9 Å². The number of carbonyl (C=O) groups is 1. The minimum absolute atomic E-state index is 0.241. The molecular formula is C14H24N2O3. The number of hydrogen-bond acceptors (Lipinski definition) is 5. The number of likely N-dealkylation sites (tertiary alicyclic amines) is 2. The van der Waals surface area contributed by atoms with E-state index in [-0.39, 0.29) is 12.0 Å². The molecule has 108 valence electrons. The monoisotopic (exact) mass is 268 g/mol. The molecule has 1 N–H and O–H groups in total. The van der Waals surface area contributed by atoms with Gasteiger partial charge in [-0.15, -0.1) is 0 Å². The van der Waals surface area contributed by atoms with Gasteiger partial charge >= 0.3 is 5.97 Å². The SMILES string of the molecule is O=C1OC(O)(N2CCCCC2)CC1N1CCCCC1. The molecule has 3 rings (SSSR count). The Morgan fingerprint density at radius 2 is 1.58 bits per heavy atom. The molecule has 5 heteroatoms. The Morgan fingerprint density at radius 3 is 2.21 bits per heavy atom. The summed E-state index contributed by atoms with van der Waals surface area (Å²) in [4.78, 5) is 16.2. The zero-order valence-electron chi connectivity index (χ0n) is 11.5. The van der Waals surface area contributed by atoms with E-state index in [1.807, 2.05) is 4.90 Å². The zero-order chi connectivity index (χ0) is 13.3. The molecule has 5 nitrogen and oxygen atoms in total. The van der Waals surface area contributed by atoms with E-state index >= 15 is 0 Å². The third-order valence-electron chi connectivity index (χ3n) is 4.68. The molecule has 2 atom stereocenters. The number of esters is 1. The third kappa shape index (κ3) is 2.64. The van der Waals surface area contributed by atoms with Crippen LogP contribution in [0.2, 0.25) is 0 Å². The molecule has 0 amide bonds. The predicted molar refractivity (Wildman–Crippen MR) is 70.3 cm³/mol. The highest BCUT2D eigenvalue weighted by Crippen LogP contribution is 2.33. The number of nitrogens with zero attached hydrogens (tertiary/aromatic N) is 2. The summed E-state index contributed by atoms with van der Waals surface area (Å²) in [5, 5.41) is 10.6. The van der Waals surface area contributed by atoms with Gasteiger partial charge in [-0.2, -0.15) is 0 Å². The van der Waals surface area contributed by atoms with Gasteiger partial charge in [-0.05, 0) is 38.8 Å². The van der Waals surface area contributed by atoms with Crippen molar-refractivity contribution in [2.75, 3.05) is 26.2 Å². The Morgan fingerprint density at radius 1 is 1.00 bits per heavy atom. The largest absolute Gasteiger partial charge is 0.417 e. The van der Waals surface area contributed by atoms with E-state index < -0.39 is 5.91 Å². The highest BCUT2D eigenvalue weighted by Gasteiger charge is 2.51. The summed E-state index contributed by atoms with van der Waals surface area (Å²) in [6.07, 6.45) is 7.30. The Hall–Kier alpha value is -0.650. The summed E-state index contributed by atoms with van der Waals surface area (Å²) < 4.78 is 5.36.